The van der Waals surface area contributed by atoms with Crippen molar-refractivity contribution in [3.8, 4) is 5.75 Å². The van der Waals surface area contributed by atoms with Gasteiger partial charge >= 0.3 is 6.61 Å². The molecule has 1 aromatic carbocycles. The molecule has 0 radical (unpaired) electrons. The number of carbonyl (C=O) groups is 1. The summed E-state index contributed by atoms with van der Waals surface area (Å²) in [6.45, 7) is -0.938. The molecule has 0 aromatic heterocycles. The maximum absolute atomic E-state index is 12.2. The highest BCUT2D eigenvalue weighted by atomic mass is 32.1. The smallest absolute Gasteiger partial charge is 0.387 e. The zero-order valence-corrected chi connectivity index (χ0v) is 10.9. The molecule has 0 aliphatic heterocycles. The van der Waals surface area contributed by atoms with Crippen LogP contribution in [0.2, 0.25) is 0 Å². The van der Waals surface area contributed by atoms with Gasteiger partial charge in [0, 0.05) is 6.54 Å². The summed E-state index contributed by atoms with van der Waals surface area (Å²) in [6, 6.07) is 5.66. The van der Waals surface area contributed by atoms with E-state index in [9.17, 15) is 13.6 Å². The second-order valence-corrected chi connectivity index (χ2v) is 3.82. The summed E-state index contributed by atoms with van der Waals surface area (Å²) < 4.78 is 28.7. The minimum absolute atomic E-state index is 0.0249. The number of carbonyl (C=O) groups excluding carboxylic acids is 1. The molecule has 1 aromatic rings. The molecule has 1 rings (SSSR count). The van der Waals surface area contributed by atoms with Crippen molar-refractivity contribution in [2.45, 2.75) is 13.5 Å². The van der Waals surface area contributed by atoms with E-state index in [0.717, 1.165) is 0 Å². The standard InChI is InChI=1S/C11H13F2N3O2S/c1-2-16(11(14)19)15-9(17)7-5-3-4-6-8(7)18-10(12)13/h3-6,10H,2H2,1H3,(H2,14,19)(H,15,17). The monoisotopic (exact) mass is 289 g/mol. The Bertz CT molecular complexity index is 471. The molecule has 8 heteroatoms. The lowest BCUT2D eigenvalue weighted by atomic mass is 10.2. The number of amides is 1. The third-order valence-corrected chi connectivity index (χ3v) is 2.39. The molecule has 0 aliphatic carbocycles. The molecular weight excluding hydrogens is 276 g/mol. The number of rotatable bonds is 4. The van der Waals surface area contributed by atoms with Crippen LogP contribution in [-0.4, -0.2) is 29.2 Å². The first-order chi connectivity index (χ1) is 8.95. The van der Waals surface area contributed by atoms with Gasteiger partial charge in [-0.1, -0.05) is 12.1 Å². The van der Waals surface area contributed by atoms with Gasteiger partial charge < -0.3 is 10.5 Å². The van der Waals surface area contributed by atoms with E-state index in [1.165, 1.54) is 29.3 Å². The van der Waals surface area contributed by atoms with Crippen molar-refractivity contribution in [2.75, 3.05) is 6.54 Å². The van der Waals surface area contributed by atoms with Crippen LogP contribution >= 0.6 is 12.2 Å². The zero-order valence-electron chi connectivity index (χ0n) is 10.1. The minimum atomic E-state index is -3.01. The summed E-state index contributed by atoms with van der Waals surface area (Å²) >= 11 is 4.73. The Kier molecular flexibility index (Phi) is 5.43. The molecule has 0 spiro atoms. The van der Waals surface area contributed by atoms with E-state index in [1.54, 1.807) is 6.92 Å². The summed E-state index contributed by atoms with van der Waals surface area (Å²) in [5, 5.41) is 1.19. The van der Waals surface area contributed by atoms with Crippen LogP contribution in [0.4, 0.5) is 8.78 Å². The van der Waals surface area contributed by atoms with E-state index in [4.69, 9.17) is 18.0 Å². The van der Waals surface area contributed by atoms with Crippen LogP contribution in [0.5, 0.6) is 5.75 Å². The molecule has 5 nitrogen and oxygen atoms in total. The van der Waals surface area contributed by atoms with Gasteiger partial charge in [-0.2, -0.15) is 8.78 Å². The van der Waals surface area contributed by atoms with E-state index in [2.05, 4.69) is 10.2 Å². The fraction of sp³-hybridized carbons (Fsp3) is 0.273. The van der Waals surface area contributed by atoms with Gasteiger partial charge in [-0.15, -0.1) is 0 Å². The lowest BCUT2D eigenvalue weighted by molar-refractivity contribution is -0.0502. The van der Waals surface area contributed by atoms with E-state index >= 15 is 0 Å². The quantitative estimate of drug-likeness (QED) is 0.649. The topological polar surface area (TPSA) is 67.6 Å². The Balaban J connectivity index is 2.90. The molecule has 0 heterocycles. The highest BCUT2D eigenvalue weighted by Crippen LogP contribution is 2.20. The van der Waals surface area contributed by atoms with Crippen molar-refractivity contribution in [3.05, 3.63) is 29.8 Å². The minimum Gasteiger partial charge on any atom is -0.434 e. The second kappa shape index (κ2) is 6.83. The van der Waals surface area contributed by atoms with Crippen molar-refractivity contribution in [3.63, 3.8) is 0 Å². The van der Waals surface area contributed by atoms with Crippen LogP contribution in [0.3, 0.4) is 0 Å². The Morgan fingerprint density at radius 1 is 1.53 bits per heavy atom. The third kappa shape index (κ3) is 4.32. The van der Waals surface area contributed by atoms with Crippen molar-refractivity contribution in [2.24, 2.45) is 5.73 Å². The Hall–Kier alpha value is -1.96. The normalized spacial score (nSPS) is 10.1. The first kappa shape index (κ1) is 15.1. The first-order valence-corrected chi connectivity index (χ1v) is 5.78. The van der Waals surface area contributed by atoms with Crippen LogP contribution < -0.4 is 15.9 Å². The van der Waals surface area contributed by atoms with Gasteiger partial charge in [0.05, 0.1) is 5.56 Å². The molecule has 19 heavy (non-hydrogen) atoms. The number of benzene rings is 1. The molecule has 0 saturated heterocycles. The average Bonchev–Trinajstić information content (AvgIpc) is 2.35. The van der Waals surface area contributed by atoms with Crippen LogP contribution in [0, 0.1) is 0 Å². The average molecular weight is 289 g/mol. The van der Waals surface area contributed by atoms with Crippen LogP contribution in [0.25, 0.3) is 0 Å². The number of nitrogens with two attached hydrogens (primary N) is 1. The van der Waals surface area contributed by atoms with Crippen molar-refractivity contribution < 1.29 is 18.3 Å². The number of ether oxygens (including phenoxy) is 1. The second-order valence-electron chi connectivity index (χ2n) is 3.40. The Labute approximate surface area is 114 Å². The number of para-hydroxylation sites is 1. The predicted molar refractivity (Wildman–Crippen MR) is 69.7 cm³/mol. The summed E-state index contributed by atoms with van der Waals surface area (Å²) in [6.07, 6.45) is 0. The van der Waals surface area contributed by atoms with Crippen molar-refractivity contribution in [1.82, 2.24) is 10.4 Å². The molecule has 0 atom stereocenters. The fourth-order valence-corrected chi connectivity index (χ4v) is 1.50. The first-order valence-electron chi connectivity index (χ1n) is 5.37. The summed E-state index contributed by atoms with van der Waals surface area (Å²) in [4.78, 5) is 11.9. The number of halogens is 2. The lowest BCUT2D eigenvalue weighted by Gasteiger charge is -2.22. The molecule has 0 unspecified atom stereocenters. The maximum Gasteiger partial charge on any atom is 0.387 e. The van der Waals surface area contributed by atoms with Crippen LogP contribution in [-0.2, 0) is 0 Å². The summed E-state index contributed by atoms with van der Waals surface area (Å²) in [5.74, 6) is -0.847. The van der Waals surface area contributed by atoms with Gasteiger partial charge in [-0.25, -0.2) is 0 Å². The molecule has 3 N–H and O–H groups in total. The molecule has 0 aliphatic rings. The molecular formula is C11H13F2N3O2S. The number of nitrogens with one attached hydrogen (secondary N) is 1. The van der Waals surface area contributed by atoms with Gasteiger partial charge in [0.15, 0.2) is 5.11 Å². The number of alkyl halides is 2. The van der Waals surface area contributed by atoms with Gasteiger partial charge in [-0.05, 0) is 31.3 Å². The Morgan fingerprint density at radius 3 is 2.68 bits per heavy atom. The lowest BCUT2D eigenvalue weighted by Crippen LogP contribution is -2.48. The SMILES string of the molecule is CCN(NC(=O)c1ccccc1OC(F)F)C(N)=S. The molecule has 104 valence electrons. The molecule has 0 fully saturated rings. The van der Waals surface area contributed by atoms with Gasteiger partial charge in [0.25, 0.3) is 5.91 Å². The molecule has 1 amide bonds. The predicted octanol–water partition coefficient (Wildman–Crippen LogP) is 1.50. The number of hydrogen-bond donors (Lipinski definition) is 2. The molecule has 0 bridgehead atoms. The zero-order chi connectivity index (χ0) is 14.4. The number of hydrazine groups is 1. The fourth-order valence-electron chi connectivity index (χ4n) is 1.33. The van der Waals surface area contributed by atoms with Crippen LogP contribution in [0.15, 0.2) is 24.3 Å². The highest BCUT2D eigenvalue weighted by Gasteiger charge is 2.17. The largest absolute Gasteiger partial charge is 0.434 e. The van der Waals surface area contributed by atoms with Gasteiger partial charge in [0.2, 0.25) is 0 Å². The van der Waals surface area contributed by atoms with E-state index in [1.807, 2.05) is 0 Å². The van der Waals surface area contributed by atoms with Crippen molar-refractivity contribution in [1.29, 1.82) is 0 Å². The van der Waals surface area contributed by atoms with Gasteiger partial charge in [-0.3, -0.25) is 15.2 Å². The number of nitrogens with zero attached hydrogens (tertiary/aromatic N) is 1. The summed E-state index contributed by atoms with van der Waals surface area (Å²) in [7, 11) is 0. The third-order valence-electron chi connectivity index (χ3n) is 2.17. The van der Waals surface area contributed by atoms with E-state index in [0.29, 0.717) is 6.54 Å². The maximum atomic E-state index is 12.2. The van der Waals surface area contributed by atoms with Crippen molar-refractivity contribution >= 4 is 23.2 Å². The number of thiocarbonyl (C=S) groups is 1. The Morgan fingerprint density at radius 2 is 2.16 bits per heavy atom. The van der Waals surface area contributed by atoms with Crippen LogP contribution in [0.1, 0.15) is 17.3 Å². The highest BCUT2D eigenvalue weighted by molar-refractivity contribution is 7.80. The van der Waals surface area contributed by atoms with E-state index in [-0.39, 0.29) is 16.4 Å². The number of hydrogen-bond acceptors (Lipinski definition) is 3. The van der Waals surface area contributed by atoms with Gasteiger partial charge in [0.1, 0.15) is 5.75 Å². The molecule has 0 saturated carbocycles. The summed E-state index contributed by atoms with van der Waals surface area (Å²) in [5.41, 5.74) is 7.75. The van der Waals surface area contributed by atoms with E-state index < -0.39 is 12.5 Å².